The Labute approximate surface area is 124 Å². The molecule has 1 rings (SSSR count). The number of halogens is 2. The molecule has 1 nitrogen and oxygen atoms in total. The van der Waals surface area contributed by atoms with Crippen molar-refractivity contribution in [2.24, 2.45) is 0 Å². The molecule has 0 aliphatic heterocycles. The van der Waals surface area contributed by atoms with E-state index in [2.05, 4.69) is 22.9 Å². The molecule has 1 atom stereocenters. The summed E-state index contributed by atoms with van der Waals surface area (Å²) < 4.78 is 19.4. The van der Waals surface area contributed by atoms with Crippen molar-refractivity contribution in [3.05, 3.63) is 35.6 Å². The molecule has 108 valence electrons. The number of hydrogen-bond donors (Lipinski definition) is 0. The van der Waals surface area contributed by atoms with Gasteiger partial charge in [-0.3, -0.25) is 0 Å². The van der Waals surface area contributed by atoms with E-state index < -0.39 is 0 Å². The highest BCUT2D eigenvalue weighted by molar-refractivity contribution is 9.09. The maximum absolute atomic E-state index is 13.6. The van der Waals surface area contributed by atoms with Crippen molar-refractivity contribution in [1.82, 2.24) is 0 Å². The maximum atomic E-state index is 13.6. The fourth-order valence-corrected chi connectivity index (χ4v) is 2.60. The normalized spacial score (nSPS) is 12.6. The molecule has 1 aromatic rings. The fraction of sp³-hybridized carbons (Fsp3) is 0.625. The van der Waals surface area contributed by atoms with E-state index in [1.54, 1.807) is 12.1 Å². The molecule has 3 heteroatoms. The minimum Gasteiger partial charge on any atom is -0.373 e. The van der Waals surface area contributed by atoms with Gasteiger partial charge in [-0.25, -0.2) is 4.39 Å². The number of hydrogen-bond acceptors (Lipinski definition) is 1. The average Bonchev–Trinajstić information content (AvgIpc) is 2.43. The van der Waals surface area contributed by atoms with Crippen molar-refractivity contribution in [2.45, 2.75) is 51.6 Å². The van der Waals surface area contributed by atoms with Gasteiger partial charge in [-0.05, 0) is 12.5 Å². The van der Waals surface area contributed by atoms with Crippen LogP contribution in [0.4, 0.5) is 4.39 Å². The van der Waals surface area contributed by atoms with E-state index in [0.717, 1.165) is 6.42 Å². The summed E-state index contributed by atoms with van der Waals surface area (Å²) in [6, 6.07) is 6.83. The second-order valence-electron chi connectivity index (χ2n) is 4.80. The summed E-state index contributed by atoms with van der Waals surface area (Å²) in [6.45, 7) is 2.93. The Morgan fingerprint density at radius 3 is 2.47 bits per heavy atom. The van der Waals surface area contributed by atoms with Crippen molar-refractivity contribution < 1.29 is 9.13 Å². The van der Waals surface area contributed by atoms with E-state index in [1.807, 2.05) is 6.07 Å². The van der Waals surface area contributed by atoms with Gasteiger partial charge in [-0.15, -0.1) is 0 Å². The van der Waals surface area contributed by atoms with Crippen LogP contribution in [-0.4, -0.2) is 11.9 Å². The predicted molar refractivity (Wildman–Crippen MR) is 82.3 cm³/mol. The highest BCUT2D eigenvalue weighted by Gasteiger charge is 2.14. The topological polar surface area (TPSA) is 9.23 Å². The third-order valence-corrected chi connectivity index (χ3v) is 3.80. The lowest BCUT2D eigenvalue weighted by molar-refractivity contribution is 0.0644. The van der Waals surface area contributed by atoms with Crippen LogP contribution in [-0.2, 0) is 4.74 Å². The molecular weight excluding hydrogens is 307 g/mol. The van der Waals surface area contributed by atoms with Gasteiger partial charge in [0.15, 0.2) is 0 Å². The Bertz CT molecular complexity index is 343. The molecule has 0 radical (unpaired) electrons. The van der Waals surface area contributed by atoms with Gasteiger partial charge >= 0.3 is 0 Å². The SMILES string of the molecule is CCCCCCCCOC(CBr)c1ccccc1F. The summed E-state index contributed by atoms with van der Waals surface area (Å²) in [7, 11) is 0. The highest BCUT2D eigenvalue weighted by atomic mass is 79.9. The number of benzene rings is 1. The fourth-order valence-electron chi connectivity index (χ4n) is 2.06. The first-order valence-electron chi connectivity index (χ1n) is 7.21. The van der Waals surface area contributed by atoms with Crippen molar-refractivity contribution in [2.75, 3.05) is 11.9 Å². The van der Waals surface area contributed by atoms with Gasteiger partial charge in [0.05, 0.1) is 6.10 Å². The molecule has 0 N–H and O–H groups in total. The van der Waals surface area contributed by atoms with Gasteiger partial charge in [0.25, 0.3) is 0 Å². The van der Waals surface area contributed by atoms with E-state index in [-0.39, 0.29) is 11.9 Å². The van der Waals surface area contributed by atoms with Crippen molar-refractivity contribution in [3.8, 4) is 0 Å². The summed E-state index contributed by atoms with van der Waals surface area (Å²) in [6.07, 6.45) is 7.25. The molecule has 0 spiro atoms. The van der Waals surface area contributed by atoms with E-state index in [0.29, 0.717) is 17.5 Å². The van der Waals surface area contributed by atoms with E-state index in [4.69, 9.17) is 4.74 Å². The molecule has 0 saturated heterocycles. The Balaban J connectivity index is 2.24. The molecule has 1 aromatic carbocycles. The molecule has 0 heterocycles. The first-order valence-corrected chi connectivity index (χ1v) is 8.33. The Morgan fingerprint density at radius 1 is 1.11 bits per heavy atom. The summed E-state index contributed by atoms with van der Waals surface area (Å²) in [4.78, 5) is 0. The van der Waals surface area contributed by atoms with Crippen LogP contribution in [0.1, 0.15) is 57.1 Å². The van der Waals surface area contributed by atoms with Crippen LogP contribution in [0.15, 0.2) is 24.3 Å². The monoisotopic (exact) mass is 330 g/mol. The summed E-state index contributed by atoms with van der Waals surface area (Å²) in [5.41, 5.74) is 0.644. The number of rotatable bonds is 10. The zero-order valence-electron chi connectivity index (χ0n) is 11.7. The van der Waals surface area contributed by atoms with Crippen molar-refractivity contribution in [3.63, 3.8) is 0 Å². The molecular formula is C16H24BrFO. The van der Waals surface area contributed by atoms with E-state index in [1.165, 1.54) is 38.2 Å². The Morgan fingerprint density at radius 2 is 1.79 bits per heavy atom. The van der Waals surface area contributed by atoms with Crippen LogP contribution in [0.2, 0.25) is 0 Å². The molecule has 1 unspecified atom stereocenters. The Kier molecular flexibility index (Phi) is 9.10. The van der Waals surface area contributed by atoms with Crippen LogP contribution in [0.3, 0.4) is 0 Å². The first kappa shape index (κ1) is 16.6. The minimum absolute atomic E-state index is 0.183. The van der Waals surface area contributed by atoms with Gasteiger partial charge in [0, 0.05) is 17.5 Å². The molecule has 0 bridgehead atoms. The standard InChI is InChI=1S/C16H24BrFO/c1-2-3-4-5-6-9-12-19-16(13-17)14-10-7-8-11-15(14)18/h7-8,10-11,16H,2-6,9,12-13H2,1H3. The number of ether oxygens (including phenoxy) is 1. The largest absolute Gasteiger partial charge is 0.373 e. The zero-order chi connectivity index (χ0) is 13.9. The molecule has 19 heavy (non-hydrogen) atoms. The second-order valence-corrected chi connectivity index (χ2v) is 5.45. The zero-order valence-corrected chi connectivity index (χ0v) is 13.3. The van der Waals surface area contributed by atoms with Gasteiger partial charge < -0.3 is 4.74 Å². The third-order valence-electron chi connectivity index (χ3n) is 3.21. The lowest BCUT2D eigenvalue weighted by Gasteiger charge is -2.16. The van der Waals surface area contributed by atoms with E-state index in [9.17, 15) is 4.39 Å². The number of alkyl halides is 1. The summed E-state index contributed by atoms with van der Waals surface area (Å²) in [5, 5.41) is 0.629. The van der Waals surface area contributed by atoms with Crippen LogP contribution < -0.4 is 0 Å². The lowest BCUT2D eigenvalue weighted by Crippen LogP contribution is -2.09. The molecule has 0 amide bonds. The van der Waals surface area contributed by atoms with Crippen LogP contribution in [0.5, 0.6) is 0 Å². The minimum atomic E-state index is -0.185. The van der Waals surface area contributed by atoms with Gasteiger partial charge in [0.1, 0.15) is 5.82 Å². The van der Waals surface area contributed by atoms with Crippen molar-refractivity contribution in [1.29, 1.82) is 0 Å². The molecule has 0 aliphatic rings. The summed E-state index contributed by atoms with van der Waals surface area (Å²) >= 11 is 3.40. The quantitative estimate of drug-likeness (QED) is 0.398. The second kappa shape index (κ2) is 10.4. The molecule has 0 aromatic heterocycles. The van der Waals surface area contributed by atoms with Crippen LogP contribution >= 0.6 is 15.9 Å². The van der Waals surface area contributed by atoms with Crippen LogP contribution in [0.25, 0.3) is 0 Å². The van der Waals surface area contributed by atoms with Gasteiger partial charge in [0.2, 0.25) is 0 Å². The van der Waals surface area contributed by atoms with E-state index >= 15 is 0 Å². The molecule has 0 fully saturated rings. The first-order chi connectivity index (χ1) is 9.29. The van der Waals surface area contributed by atoms with Crippen molar-refractivity contribution >= 4 is 15.9 Å². The molecule has 0 aliphatic carbocycles. The maximum Gasteiger partial charge on any atom is 0.129 e. The van der Waals surface area contributed by atoms with Crippen LogP contribution in [0, 0.1) is 5.82 Å². The smallest absolute Gasteiger partial charge is 0.129 e. The molecule has 0 saturated carbocycles. The number of unbranched alkanes of at least 4 members (excludes halogenated alkanes) is 5. The predicted octanol–water partition coefficient (Wildman–Crippen LogP) is 5.64. The summed E-state index contributed by atoms with van der Waals surface area (Å²) in [5.74, 6) is -0.185. The average molecular weight is 331 g/mol. The lowest BCUT2D eigenvalue weighted by atomic mass is 10.1. The third kappa shape index (κ3) is 6.53. The Hall–Kier alpha value is -0.410. The van der Waals surface area contributed by atoms with Gasteiger partial charge in [-0.2, -0.15) is 0 Å². The van der Waals surface area contributed by atoms with Gasteiger partial charge in [-0.1, -0.05) is 73.2 Å². The highest BCUT2D eigenvalue weighted by Crippen LogP contribution is 2.23.